The summed E-state index contributed by atoms with van der Waals surface area (Å²) in [4.78, 5) is 51.7. The number of ether oxygens (including phenoxy) is 4. The first-order valence-corrected chi connectivity index (χ1v) is 16.2. The number of carbonyl (C=O) groups is 4. The molecule has 4 N–H and O–H groups in total. The first kappa shape index (κ1) is 40.1. The second kappa shape index (κ2) is 15.4. The third-order valence-electron chi connectivity index (χ3n) is 9.91. The third-order valence-corrected chi connectivity index (χ3v) is 9.91. The van der Waals surface area contributed by atoms with Crippen LogP contribution in [0.4, 0.5) is 0 Å². The molecule has 2 unspecified atom stereocenters. The van der Waals surface area contributed by atoms with Crippen LogP contribution < -0.4 is 0 Å². The number of hydrogen-bond acceptors (Lipinski definition) is 12. The third kappa shape index (κ3) is 8.90. The van der Waals surface area contributed by atoms with Crippen LogP contribution >= 0.6 is 0 Å². The monoisotopic (exact) mass is 666 g/mol. The maximum atomic E-state index is 13.7. The number of cyclic esters (lactones) is 1. The fourth-order valence-electron chi connectivity index (χ4n) is 5.79. The fourth-order valence-corrected chi connectivity index (χ4v) is 5.79. The van der Waals surface area contributed by atoms with Crippen LogP contribution in [0.2, 0.25) is 0 Å². The molecule has 1 heterocycles. The highest BCUT2D eigenvalue weighted by Crippen LogP contribution is 2.43. The average molecular weight is 667 g/mol. The lowest BCUT2D eigenvalue weighted by Crippen LogP contribution is -2.65. The van der Waals surface area contributed by atoms with Crippen molar-refractivity contribution in [2.75, 3.05) is 0 Å². The summed E-state index contributed by atoms with van der Waals surface area (Å²) in [6.45, 7) is 19.4. The number of aliphatic hydroxyl groups excluding tert-OH is 2. The predicted octanol–water partition coefficient (Wildman–Crippen LogP) is 3.23. The minimum Gasteiger partial charge on any atom is -0.456 e. The van der Waals surface area contributed by atoms with Gasteiger partial charge in [0.1, 0.15) is 23.9 Å². The van der Waals surface area contributed by atoms with Gasteiger partial charge in [-0.15, -0.1) is 0 Å². The number of allylic oxidation sites excluding steroid dienone is 2. The Morgan fingerprint density at radius 2 is 1.64 bits per heavy atom. The van der Waals surface area contributed by atoms with Crippen molar-refractivity contribution in [1.29, 1.82) is 0 Å². The summed E-state index contributed by atoms with van der Waals surface area (Å²) in [6.07, 6.45) is -4.02. The first-order chi connectivity index (χ1) is 21.6. The minimum atomic E-state index is -2.14. The molecule has 2 rings (SSSR count). The van der Waals surface area contributed by atoms with Crippen LogP contribution in [0.3, 0.4) is 0 Å². The van der Waals surface area contributed by atoms with Gasteiger partial charge in [-0.2, -0.15) is 0 Å². The van der Waals surface area contributed by atoms with E-state index in [9.17, 15) is 39.6 Å². The summed E-state index contributed by atoms with van der Waals surface area (Å²) in [6, 6.07) is 0. The van der Waals surface area contributed by atoms with E-state index < -0.39 is 83.0 Å². The number of rotatable bonds is 12. The van der Waals surface area contributed by atoms with Crippen LogP contribution in [0, 0.1) is 17.8 Å². The SMILES string of the molecule is C=C(C(O)CC(OC(=O)/C(C)=C\C)C(C)(C)O)[C@H]1C[C@H](OC(=O)[C@@]2(C)OC(=O)[C@@H](CC)C[C@@H]2C)[C@@](C)(O)[C@@H](OC(=O)/C(C)=C\C)[C@H]1O. The van der Waals surface area contributed by atoms with Crippen molar-refractivity contribution in [1.82, 2.24) is 0 Å². The van der Waals surface area contributed by atoms with Crippen LogP contribution in [0.1, 0.15) is 94.9 Å². The largest absolute Gasteiger partial charge is 0.456 e. The first-order valence-electron chi connectivity index (χ1n) is 16.2. The summed E-state index contributed by atoms with van der Waals surface area (Å²) in [7, 11) is 0. The van der Waals surface area contributed by atoms with Gasteiger partial charge in [0.15, 0.2) is 6.10 Å². The summed E-state index contributed by atoms with van der Waals surface area (Å²) < 4.78 is 22.5. The van der Waals surface area contributed by atoms with Gasteiger partial charge in [-0.05, 0) is 80.2 Å². The van der Waals surface area contributed by atoms with Crippen LogP contribution in [-0.2, 0) is 38.1 Å². The van der Waals surface area contributed by atoms with Crippen LogP contribution in [0.25, 0.3) is 0 Å². The van der Waals surface area contributed by atoms with E-state index in [0.717, 1.165) is 0 Å². The van der Waals surface area contributed by atoms with Gasteiger partial charge in [-0.25, -0.2) is 14.4 Å². The van der Waals surface area contributed by atoms with Gasteiger partial charge in [-0.1, -0.05) is 32.6 Å². The predicted molar refractivity (Wildman–Crippen MR) is 171 cm³/mol. The Balaban J connectivity index is 2.47. The fraction of sp³-hybridized carbons (Fsp3) is 0.714. The Morgan fingerprint density at radius 1 is 1.09 bits per heavy atom. The second-order valence-electron chi connectivity index (χ2n) is 13.9. The van der Waals surface area contributed by atoms with Gasteiger partial charge in [0.05, 0.1) is 17.6 Å². The molecule has 266 valence electrons. The molecule has 2 aliphatic rings. The van der Waals surface area contributed by atoms with Crippen LogP contribution in [-0.4, -0.2) is 91.6 Å². The van der Waals surface area contributed by atoms with Gasteiger partial charge in [0.25, 0.3) is 0 Å². The molecular weight excluding hydrogens is 612 g/mol. The molecule has 0 amide bonds. The van der Waals surface area contributed by atoms with Crippen molar-refractivity contribution in [2.24, 2.45) is 17.8 Å². The molecule has 1 aliphatic heterocycles. The van der Waals surface area contributed by atoms with Gasteiger partial charge in [-0.3, -0.25) is 4.79 Å². The Bertz CT molecular complexity index is 1260. The van der Waals surface area contributed by atoms with Crippen LogP contribution in [0.15, 0.2) is 35.5 Å². The molecular formula is C35H54O12. The zero-order valence-corrected chi connectivity index (χ0v) is 29.4. The highest BCUT2D eigenvalue weighted by atomic mass is 16.6. The number of carbonyl (C=O) groups excluding carboxylic acids is 4. The zero-order valence-electron chi connectivity index (χ0n) is 29.4. The summed E-state index contributed by atoms with van der Waals surface area (Å²) in [5.74, 6) is -4.92. The number of hydrogen-bond donors (Lipinski definition) is 4. The van der Waals surface area contributed by atoms with E-state index in [1.54, 1.807) is 33.8 Å². The molecule has 10 atom stereocenters. The Hall–Kier alpha value is -3.06. The van der Waals surface area contributed by atoms with E-state index in [2.05, 4.69) is 6.58 Å². The number of esters is 4. The van der Waals surface area contributed by atoms with Gasteiger partial charge in [0, 0.05) is 29.4 Å². The van der Waals surface area contributed by atoms with E-state index in [-0.39, 0.29) is 29.9 Å². The second-order valence-corrected chi connectivity index (χ2v) is 13.9. The van der Waals surface area contributed by atoms with E-state index in [0.29, 0.717) is 18.4 Å². The summed E-state index contributed by atoms with van der Waals surface area (Å²) in [5, 5.41) is 45.3. The lowest BCUT2D eigenvalue weighted by molar-refractivity contribution is -0.241. The molecule has 0 radical (unpaired) electrons. The Kier molecular flexibility index (Phi) is 13.2. The van der Waals surface area contributed by atoms with Crippen molar-refractivity contribution < 1.29 is 58.6 Å². The topological polar surface area (TPSA) is 186 Å². The lowest BCUT2D eigenvalue weighted by Gasteiger charge is -2.49. The summed E-state index contributed by atoms with van der Waals surface area (Å²) >= 11 is 0. The molecule has 2 fully saturated rings. The van der Waals surface area contributed by atoms with E-state index in [4.69, 9.17) is 18.9 Å². The van der Waals surface area contributed by atoms with Crippen molar-refractivity contribution in [3.8, 4) is 0 Å². The molecule has 12 heteroatoms. The molecule has 0 aromatic carbocycles. The number of aliphatic hydroxyl groups is 4. The molecule has 12 nitrogen and oxygen atoms in total. The lowest BCUT2D eigenvalue weighted by atomic mass is 9.69. The molecule has 0 aromatic heterocycles. The molecule has 1 saturated heterocycles. The van der Waals surface area contributed by atoms with E-state index >= 15 is 0 Å². The van der Waals surface area contributed by atoms with Crippen molar-refractivity contribution >= 4 is 23.9 Å². The molecule has 1 saturated carbocycles. The molecule has 0 aromatic rings. The van der Waals surface area contributed by atoms with Gasteiger partial charge >= 0.3 is 23.9 Å². The maximum Gasteiger partial charge on any atom is 0.350 e. The zero-order chi connectivity index (χ0) is 36.2. The molecule has 1 aliphatic carbocycles. The van der Waals surface area contributed by atoms with Gasteiger partial charge < -0.3 is 39.4 Å². The normalized spacial score (nSPS) is 33.3. The highest BCUT2D eigenvalue weighted by Gasteiger charge is 2.58. The standard InChI is InChI=1S/C35H54O12/c1-12-18(4)29(38)44-25(33(8,9)42)17-24(36)21(7)23-16-26(34(10,43)28(27(23)37)46-30(39)19(5)13-2)45-32(41)35(11)20(6)15-22(14-3)31(40)47-35/h12-13,20,22-28,36-37,42-43H,7,14-17H2,1-6,8-11H3/b18-12-,19-13-/t20-,22-,23+,24?,25?,26-,27-,28-,34+,35-/m0/s1. The molecule has 47 heavy (non-hydrogen) atoms. The van der Waals surface area contributed by atoms with Crippen molar-refractivity contribution in [2.45, 2.75) is 142 Å². The van der Waals surface area contributed by atoms with E-state index in [1.807, 2.05) is 6.92 Å². The Labute approximate surface area is 277 Å². The smallest absolute Gasteiger partial charge is 0.350 e. The van der Waals surface area contributed by atoms with Crippen molar-refractivity contribution in [3.63, 3.8) is 0 Å². The van der Waals surface area contributed by atoms with Crippen LogP contribution in [0.5, 0.6) is 0 Å². The quantitative estimate of drug-likeness (QED) is 0.103. The Morgan fingerprint density at radius 3 is 2.15 bits per heavy atom. The van der Waals surface area contributed by atoms with Gasteiger partial charge in [0.2, 0.25) is 5.60 Å². The summed E-state index contributed by atoms with van der Waals surface area (Å²) in [5.41, 5.74) is -4.92. The van der Waals surface area contributed by atoms with Crippen molar-refractivity contribution in [3.05, 3.63) is 35.5 Å². The average Bonchev–Trinajstić information content (AvgIpc) is 2.99. The van der Waals surface area contributed by atoms with E-state index in [1.165, 1.54) is 40.7 Å². The molecule has 0 spiro atoms. The maximum absolute atomic E-state index is 13.7. The minimum absolute atomic E-state index is 0.000342. The highest BCUT2D eigenvalue weighted by molar-refractivity contribution is 5.88. The molecule has 0 bridgehead atoms.